The molecule has 1 N–H and O–H groups in total. The van der Waals surface area contributed by atoms with Crippen LogP contribution in [0.2, 0.25) is 0 Å². The second-order valence-electron chi connectivity index (χ2n) is 6.15. The fraction of sp³-hybridized carbons (Fsp3) is 0.0455. The predicted molar refractivity (Wildman–Crippen MR) is 103 cm³/mol. The fourth-order valence-corrected chi connectivity index (χ4v) is 3.06. The first-order valence-electron chi connectivity index (χ1n) is 8.58. The summed E-state index contributed by atoms with van der Waals surface area (Å²) >= 11 is 0. The van der Waals surface area contributed by atoms with E-state index in [-0.39, 0.29) is 5.56 Å². The quantitative estimate of drug-likeness (QED) is 0.582. The van der Waals surface area contributed by atoms with Gasteiger partial charge in [0, 0.05) is 30.1 Å². The van der Waals surface area contributed by atoms with Crippen LogP contribution in [0.4, 0.5) is 0 Å². The summed E-state index contributed by atoms with van der Waals surface area (Å²) in [6.45, 7) is 0. The van der Waals surface area contributed by atoms with E-state index in [4.69, 9.17) is 5.10 Å². The average Bonchev–Trinajstić information content (AvgIpc) is 3.13. The highest BCUT2D eigenvalue weighted by molar-refractivity contribution is 5.89. The zero-order valence-corrected chi connectivity index (χ0v) is 14.5. The monoisotopic (exact) mass is 355 g/mol. The van der Waals surface area contributed by atoms with Gasteiger partial charge in [-0.2, -0.15) is 5.10 Å². The molecule has 27 heavy (non-hydrogen) atoms. The zero-order valence-electron chi connectivity index (χ0n) is 14.5. The third kappa shape index (κ3) is 3.48. The van der Waals surface area contributed by atoms with Crippen LogP contribution in [0.5, 0.6) is 0 Å². The summed E-state index contributed by atoms with van der Waals surface area (Å²) in [6.07, 6.45) is 3.52. The van der Waals surface area contributed by atoms with Crippen LogP contribution in [0.1, 0.15) is 21.6 Å². The number of carboxylic acid groups (broad SMARTS) is 1. The van der Waals surface area contributed by atoms with Crippen molar-refractivity contribution in [1.29, 1.82) is 0 Å². The minimum atomic E-state index is -0.957. The van der Waals surface area contributed by atoms with Crippen molar-refractivity contribution in [2.75, 3.05) is 0 Å². The Bertz CT molecular complexity index is 1070. The number of aromatic carboxylic acids is 1. The van der Waals surface area contributed by atoms with Gasteiger partial charge >= 0.3 is 5.97 Å². The molecular formula is C22H17N3O2. The van der Waals surface area contributed by atoms with E-state index in [1.165, 1.54) is 12.3 Å². The number of aromatic nitrogens is 3. The van der Waals surface area contributed by atoms with Gasteiger partial charge in [-0.3, -0.25) is 4.98 Å². The molecule has 0 bridgehead atoms. The van der Waals surface area contributed by atoms with E-state index in [1.54, 1.807) is 6.20 Å². The molecular weight excluding hydrogens is 338 g/mol. The van der Waals surface area contributed by atoms with Crippen molar-refractivity contribution in [3.05, 3.63) is 102 Å². The van der Waals surface area contributed by atoms with Gasteiger partial charge in [0.25, 0.3) is 0 Å². The van der Waals surface area contributed by atoms with Crippen LogP contribution in [-0.2, 0) is 6.42 Å². The molecule has 0 radical (unpaired) electrons. The maximum absolute atomic E-state index is 11.5. The van der Waals surface area contributed by atoms with Gasteiger partial charge in [0.15, 0.2) is 0 Å². The summed E-state index contributed by atoms with van der Waals surface area (Å²) in [4.78, 5) is 15.6. The number of hydrogen-bond acceptors (Lipinski definition) is 3. The highest BCUT2D eigenvalue weighted by Gasteiger charge is 2.16. The van der Waals surface area contributed by atoms with Gasteiger partial charge in [-0.05, 0) is 29.8 Å². The maximum atomic E-state index is 11.5. The molecule has 5 nitrogen and oxygen atoms in total. The van der Waals surface area contributed by atoms with Crippen LogP contribution in [0.15, 0.2) is 85.2 Å². The lowest BCUT2D eigenvalue weighted by molar-refractivity contribution is 0.0695. The first-order chi connectivity index (χ1) is 13.2. The summed E-state index contributed by atoms with van der Waals surface area (Å²) in [7, 11) is 0. The van der Waals surface area contributed by atoms with Crippen molar-refractivity contribution in [3.63, 3.8) is 0 Å². The lowest BCUT2D eigenvalue weighted by Gasteiger charge is -2.09. The Morgan fingerprint density at radius 2 is 1.67 bits per heavy atom. The number of nitrogens with zero attached hydrogens (tertiary/aromatic N) is 3. The third-order valence-electron chi connectivity index (χ3n) is 4.36. The molecule has 0 aliphatic rings. The molecule has 0 saturated heterocycles. The van der Waals surface area contributed by atoms with Crippen LogP contribution in [0.25, 0.3) is 16.9 Å². The number of benzene rings is 2. The molecule has 0 spiro atoms. The molecule has 0 atom stereocenters. The van der Waals surface area contributed by atoms with Crippen molar-refractivity contribution in [2.45, 2.75) is 6.42 Å². The molecule has 5 heteroatoms. The Morgan fingerprint density at radius 1 is 0.963 bits per heavy atom. The van der Waals surface area contributed by atoms with E-state index in [9.17, 15) is 9.90 Å². The first kappa shape index (κ1) is 16.7. The molecule has 0 aliphatic carbocycles. The Kier molecular flexibility index (Phi) is 4.49. The molecule has 4 rings (SSSR count). The summed E-state index contributed by atoms with van der Waals surface area (Å²) in [5.74, 6) is -0.957. The molecule has 2 aromatic heterocycles. The Hall–Kier alpha value is -3.73. The number of carboxylic acids is 1. The molecule has 4 aromatic rings. The van der Waals surface area contributed by atoms with Crippen LogP contribution >= 0.6 is 0 Å². The largest absolute Gasteiger partial charge is 0.478 e. The van der Waals surface area contributed by atoms with Crippen LogP contribution in [0.3, 0.4) is 0 Å². The second kappa shape index (κ2) is 7.25. The minimum absolute atomic E-state index is 0.257. The van der Waals surface area contributed by atoms with E-state index in [0.29, 0.717) is 12.0 Å². The predicted octanol–water partition coefficient (Wildman–Crippen LogP) is 4.22. The lowest BCUT2D eigenvalue weighted by atomic mass is 10.0. The number of carbonyl (C=O) groups is 1. The van der Waals surface area contributed by atoms with Crippen molar-refractivity contribution >= 4 is 5.97 Å². The Morgan fingerprint density at radius 3 is 2.37 bits per heavy atom. The summed E-state index contributed by atoms with van der Waals surface area (Å²) in [5.41, 5.74) is 4.59. The fourth-order valence-electron chi connectivity index (χ4n) is 3.06. The molecule has 0 amide bonds. The average molecular weight is 355 g/mol. The van der Waals surface area contributed by atoms with Crippen molar-refractivity contribution in [2.24, 2.45) is 0 Å². The van der Waals surface area contributed by atoms with Crippen LogP contribution < -0.4 is 0 Å². The first-order valence-corrected chi connectivity index (χ1v) is 8.58. The lowest BCUT2D eigenvalue weighted by Crippen LogP contribution is -2.07. The molecule has 0 unspecified atom stereocenters. The molecule has 2 heterocycles. The normalized spacial score (nSPS) is 10.7. The highest BCUT2D eigenvalue weighted by atomic mass is 16.4. The van der Waals surface area contributed by atoms with Gasteiger partial charge in [-0.1, -0.05) is 48.5 Å². The van der Waals surface area contributed by atoms with Crippen LogP contribution in [-0.4, -0.2) is 25.8 Å². The molecule has 132 valence electrons. The number of rotatable bonds is 5. The highest BCUT2D eigenvalue weighted by Crippen LogP contribution is 2.24. The van der Waals surface area contributed by atoms with Gasteiger partial charge in [-0.25, -0.2) is 9.48 Å². The molecule has 0 fully saturated rings. The number of para-hydroxylation sites is 1. The minimum Gasteiger partial charge on any atom is -0.478 e. The van der Waals surface area contributed by atoms with Gasteiger partial charge in [0.2, 0.25) is 0 Å². The Labute approximate surface area is 156 Å². The van der Waals surface area contributed by atoms with Crippen molar-refractivity contribution in [1.82, 2.24) is 14.8 Å². The van der Waals surface area contributed by atoms with E-state index in [0.717, 1.165) is 22.6 Å². The smallest absolute Gasteiger partial charge is 0.336 e. The maximum Gasteiger partial charge on any atom is 0.336 e. The Balaban J connectivity index is 1.82. The second-order valence-corrected chi connectivity index (χ2v) is 6.15. The molecule has 0 saturated carbocycles. The number of pyridine rings is 1. The van der Waals surface area contributed by atoms with Crippen molar-refractivity contribution < 1.29 is 9.90 Å². The van der Waals surface area contributed by atoms with Crippen LogP contribution in [0, 0.1) is 0 Å². The molecule has 2 aromatic carbocycles. The standard InChI is InChI=1S/C22H17N3O2/c26-22(27)20-11-12-23-15-17(20)13-19-14-21(16-7-3-1-4-8-16)24-25(19)18-9-5-2-6-10-18/h1-12,14-15H,13H2,(H,26,27). The van der Waals surface area contributed by atoms with Gasteiger partial charge in [0.1, 0.15) is 0 Å². The SMILES string of the molecule is O=C(O)c1ccncc1Cc1cc(-c2ccccc2)nn1-c1ccccc1. The third-order valence-corrected chi connectivity index (χ3v) is 4.36. The summed E-state index contributed by atoms with van der Waals surface area (Å²) in [6, 6.07) is 23.3. The van der Waals surface area contributed by atoms with Gasteiger partial charge in [0.05, 0.1) is 16.9 Å². The molecule has 0 aliphatic heterocycles. The van der Waals surface area contributed by atoms with E-state index < -0.39 is 5.97 Å². The number of hydrogen-bond donors (Lipinski definition) is 1. The van der Waals surface area contributed by atoms with E-state index >= 15 is 0 Å². The topological polar surface area (TPSA) is 68.0 Å². The van der Waals surface area contributed by atoms with E-state index in [1.807, 2.05) is 71.4 Å². The zero-order chi connectivity index (χ0) is 18.6. The van der Waals surface area contributed by atoms with Gasteiger partial charge < -0.3 is 5.11 Å². The summed E-state index contributed by atoms with van der Waals surface area (Å²) in [5, 5.41) is 14.2. The van der Waals surface area contributed by atoms with E-state index in [2.05, 4.69) is 4.98 Å². The van der Waals surface area contributed by atoms with Gasteiger partial charge in [-0.15, -0.1) is 0 Å². The van der Waals surface area contributed by atoms with Crippen molar-refractivity contribution in [3.8, 4) is 16.9 Å². The summed E-state index contributed by atoms with van der Waals surface area (Å²) < 4.78 is 1.86.